The summed E-state index contributed by atoms with van der Waals surface area (Å²) in [6.45, 7) is 2.46. The van der Waals surface area contributed by atoms with Crippen molar-refractivity contribution < 1.29 is 19.4 Å². The molecule has 0 spiro atoms. The van der Waals surface area contributed by atoms with Crippen molar-refractivity contribution in [2.45, 2.75) is 63.4 Å². The minimum absolute atomic E-state index is 0.143. The van der Waals surface area contributed by atoms with Crippen molar-refractivity contribution in [2.75, 3.05) is 6.79 Å². The number of hydrogen-bond donors (Lipinski definition) is 1. The number of carbonyl (C=O) groups excluding carboxylic acids is 1. The first-order valence-electron chi connectivity index (χ1n) is 11.6. The van der Waals surface area contributed by atoms with Crippen molar-refractivity contribution in [3.8, 4) is 22.8 Å². The third kappa shape index (κ3) is 2.77. The van der Waals surface area contributed by atoms with Gasteiger partial charge in [0.2, 0.25) is 6.79 Å². The molecule has 6 rings (SSSR count). The number of halogens is 1. The molecular weight excluding hydrogens is 424 g/mol. The molecule has 4 aliphatic carbocycles. The molecule has 0 amide bonds. The predicted octanol–water partition coefficient (Wildman–Crippen LogP) is 5.25. The van der Waals surface area contributed by atoms with Crippen LogP contribution in [0.1, 0.15) is 63.4 Å². The summed E-state index contributed by atoms with van der Waals surface area (Å²) in [5, 5.41) is 14.1. The Morgan fingerprint density at radius 1 is 1.16 bits per heavy atom. The molecule has 0 unspecified atom stereocenters. The number of allylic oxidation sites excluding steroid dienone is 4. The molecule has 32 heavy (non-hydrogen) atoms. The van der Waals surface area contributed by atoms with E-state index in [1.54, 1.807) is 0 Å². The molecule has 0 aromatic heterocycles. The maximum atomic E-state index is 12.2. The average molecular weight is 451 g/mol. The molecule has 1 aromatic rings. The second kappa shape index (κ2) is 7.14. The minimum atomic E-state index is -1.08. The van der Waals surface area contributed by atoms with Crippen LogP contribution in [-0.2, 0) is 4.79 Å². The van der Waals surface area contributed by atoms with Gasteiger partial charge >= 0.3 is 0 Å². The minimum Gasteiger partial charge on any atom is -0.454 e. The molecule has 2 saturated carbocycles. The van der Waals surface area contributed by atoms with E-state index in [0.29, 0.717) is 24.7 Å². The van der Waals surface area contributed by atoms with Gasteiger partial charge in [0.1, 0.15) is 5.60 Å². The number of hydrogen-bond acceptors (Lipinski definition) is 4. The zero-order valence-corrected chi connectivity index (χ0v) is 19.0. The van der Waals surface area contributed by atoms with Gasteiger partial charge in [-0.15, -0.1) is 0 Å². The summed E-state index contributed by atoms with van der Waals surface area (Å²) in [7, 11) is 0. The van der Waals surface area contributed by atoms with Crippen molar-refractivity contribution in [2.24, 2.45) is 17.3 Å². The average Bonchev–Trinajstić information content (AvgIpc) is 3.35. The van der Waals surface area contributed by atoms with Crippen molar-refractivity contribution in [3.05, 3.63) is 46.6 Å². The normalized spacial score (nSPS) is 37.2. The Morgan fingerprint density at radius 2 is 2.00 bits per heavy atom. The van der Waals surface area contributed by atoms with E-state index in [4.69, 9.17) is 21.1 Å². The van der Waals surface area contributed by atoms with Crippen molar-refractivity contribution in [3.63, 3.8) is 0 Å². The van der Waals surface area contributed by atoms with Gasteiger partial charge < -0.3 is 14.6 Å². The second-order valence-corrected chi connectivity index (χ2v) is 10.4. The fourth-order valence-electron chi connectivity index (χ4n) is 7.38. The van der Waals surface area contributed by atoms with E-state index < -0.39 is 5.60 Å². The first-order chi connectivity index (χ1) is 15.4. The maximum Gasteiger partial charge on any atom is 0.231 e. The van der Waals surface area contributed by atoms with Gasteiger partial charge in [0.25, 0.3) is 0 Å². The largest absolute Gasteiger partial charge is 0.454 e. The van der Waals surface area contributed by atoms with Crippen molar-refractivity contribution >= 4 is 17.4 Å². The topological polar surface area (TPSA) is 55.8 Å². The number of rotatable bonds is 1. The number of aliphatic hydroxyl groups is 1. The van der Waals surface area contributed by atoms with E-state index >= 15 is 0 Å². The van der Waals surface area contributed by atoms with Gasteiger partial charge in [-0.25, -0.2) is 0 Å². The lowest BCUT2D eigenvalue weighted by atomic mass is 9.51. The van der Waals surface area contributed by atoms with Crippen LogP contribution in [0.2, 0.25) is 0 Å². The Labute approximate surface area is 193 Å². The highest BCUT2D eigenvalue weighted by molar-refractivity contribution is 6.30. The van der Waals surface area contributed by atoms with Crippen LogP contribution in [0.4, 0.5) is 0 Å². The Kier molecular flexibility index (Phi) is 4.55. The second-order valence-electron chi connectivity index (χ2n) is 10.2. The monoisotopic (exact) mass is 450 g/mol. The first-order valence-corrected chi connectivity index (χ1v) is 12.0. The molecule has 0 bridgehead atoms. The molecule has 5 heteroatoms. The van der Waals surface area contributed by atoms with Crippen LogP contribution in [0.15, 0.2) is 41.0 Å². The molecule has 1 aromatic carbocycles. The third-order valence-electron chi connectivity index (χ3n) is 8.94. The Hall–Kier alpha value is -2.22. The molecule has 166 valence electrons. The molecule has 0 radical (unpaired) electrons. The number of ether oxygens (including phenoxy) is 2. The van der Waals surface area contributed by atoms with Gasteiger partial charge in [-0.3, -0.25) is 4.79 Å². The number of fused-ring (bicyclic) bond motifs is 5. The highest BCUT2D eigenvalue weighted by Gasteiger charge is 2.62. The maximum absolute atomic E-state index is 12.2. The van der Waals surface area contributed by atoms with Crippen molar-refractivity contribution in [1.29, 1.82) is 0 Å². The fraction of sp³-hybridized carbons (Fsp3) is 0.519. The quantitative estimate of drug-likeness (QED) is 0.594. The Bertz CT molecular complexity index is 1140. The van der Waals surface area contributed by atoms with Crippen LogP contribution in [0.25, 0.3) is 0 Å². The van der Waals surface area contributed by atoms with Gasteiger partial charge in [0.15, 0.2) is 17.3 Å². The molecule has 2 fully saturated rings. The summed E-state index contributed by atoms with van der Waals surface area (Å²) >= 11 is 5.82. The van der Waals surface area contributed by atoms with Crippen LogP contribution >= 0.6 is 11.6 Å². The van der Waals surface area contributed by atoms with E-state index in [9.17, 15) is 9.90 Å². The summed E-state index contributed by atoms with van der Waals surface area (Å²) < 4.78 is 11.2. The summed E-state index contributed by atoms with van der Waals surface area (Å²) in [6, 6.07) is 6.24. The lowest BCUT2D eigenvalue weighted by molar-refractivity contribution is -0.114. The molecule has 5 atom stereocenters. The van der Waals surface area contributed by atoms with Crippen LogP contribution < -0.4 is 9.47 Å². The fourth-order valence-corrected chi connectivity index (χ4v) is 7.53. The predicted molar refractivity (Wildman–Crippen MR) is 121 cm³/mol. The van der Waals surface area contributed by atoms with Crippen LogP contribution in [0, 0.1) is 28.6 Å². The first kappa shape index (κ1) is 20.4. The molecule has 1 aliphatic heterocycles. The van der Waals surface area contributed by atoms with E-state index in [1.165, 1.54) is 22.3 Å². The zero-order valence-electron chi connectivity index (χ0n) is 18.2. The third-order valence-corrected chi connectivity index (χ3v) is 9.03. The molecule has 1 heterocycles. The highest BCUT2D eigenvalue weighted by atomic mass is 35.5. The van der Waals surface area contributed by atoms with E-state index in [0.717, 1.165) is 43.6 Å². The Balaban J connectivity index is 1.54. The van der Waals surface area contributed by atoms with Crippen LogP contribution in [0.5, 0.6) is 11.5 Å². The molecule has 1 N–H and O–H groups in total. The number of carbonyl (C=O) groups is 1. The lowest BCUT2D eigenvalue weighted by Crippen LogP contribution is -2.51. The summed E-state index contributed by atoms with van der Waals surface area (Å²) in [5.41, 5.74) is 3.87. The van der Waals surface area contributed by atoms with Gasteiger partial charge in [0, 0.05) is 23.1 Å². The van der Waals surface area contributed by atoms with Gasteiger partial charge in [-0.05, 0) is 96.9 Å². The summed E-state index contributed by atoms with van der Waals surface area (Å²) in [6.07, 6.45) is 7.67. The smallest absolute Gasteiger partial charge is 0.231 e. The van der Waals surface area contributed by atoms with E-state index in [-0.39, 0.29) is 23.9 Å². The van der Waals surface area contributed by atoms with E-state index in [1.807, 2.05) is 12.1 Å². The lowest BCUT2D eigenvalue weighted by Gasteiger charge is -2.53. The van der Waals surface area contributed by atoms with E-state index in [2.05, 4.69) is 30.4 Å². The van der Waals surface area contributed by atoms with Gasteiger partial charge in [-0.1, -0.05) is 24.5 Å². The summed E-state index contributed by atoms with van der Waals surface area (Å²) in [4.78, 5) is 12.2. The number of ketones is 1. The molecular formula is C27H27ClO4. The van der Waals surface area contributed by atoms with Gasteiger partial charge in [-0.2, -0.15) is 0 Å². The molecule has 5 aliphatic rings. The number of benzene rings is 1. The van der Waals surface area contributed by atoms with Gasteiger partial charge in [0.05, 0.1) is 0 Å². The zero-order chi connectivity index (χ0) is 22.1. The van der Waals surface area contributed by atoms with Crippen molar-refractivity contribution in [1.82, 2.24) is 0 Å². The summed E-state index contributed by atoms with van der Waals surface area (Å²) in [5.74, 6) is 5.68. The SMILES string of the molecule is C[C@]12C[C@H](c3ccc4c(c3)OCO4)C3=C4CCC(=O)C=C4CC[C@H]3[C@@H]1CC[C@@]2(O)C#CCl. The molecule has 4 nitrogen and oxygen atoms in total. The molecule has 0 saturated heterocycles. The van der Waals surface area contributed by atoms with Crippen LogP contribution in [-0.4, -0.2) is 23.3 Å². The highest BCUT2D eigenvalue weighted by Crippen LogP contribution is 2.66. The Morgan fingerprint density at radius 3 is 2.84 bits per heavy atom. The standard InChI is InChI=1S/C27H27ClO4/c1-26-14-21(17-3-7-23-24(13-17)32-15-31-23)25-19-6-4-18(29)12-16(19)2-5-20(25)22(26)8-9-27(26,30)10-11-28/h3,7,12-13,20-22,30H,2,4-6,8-9,14-15H2,1H3/t20-,21+,22-,26-,27+/m0/s1. The van der Waals surface area contributed by atoms with Crippen LogP contribution in [0.3, 0.4) is 0 Å².